The number of likely N-dealkylation sites (tertiary alicyclic amines) is 1. The average molecular weight is 421 g/mol. The number of carbonyl (C=O) groups excluding carboxylic acids is 1. The van der Waals surface area contributed by atoms with Crippen molar-refractivity contribution in [2.45, 2.75) is 51.2 Å². The predicted octanol–water partition coefficient (Wildman–Crippen LogP) is 3.80. The van der Waals surface area contributed by atoms with Crippen molar-refractivity contribution in [3.05, 3.63) is 41.5 Å². The van der Waals surface area contributed by atoms with E-state index in [-0.39, 0.29) is 35.0 Å². The molecule has 3 aromatic rings. The molecule has 1 fully saturated rings. The van der Waals surface area contributed by atoms with E-state index in [1.165, 1.54) is 0 Å². The minimum absolute atomic E-state index is 0.0505. The van der Waals surface area contributed by atoms with Crippen LogP contribution in [0.3, 0.4) is 0 Å². The molecule has 0 unspecified atom stereocenters. The lowest BCUT2D eigenvalue weighted by atomic mass is 9.91. The minimum Gasteiger partial charge on any atom is -0.342 e. The van der Waals surface area contributed by atoms with E-state index in [0.717, 1.165) is 6.07 Å². The lowest BCUT2D eigenvalue weighted by Crippen LogP contribution is -2.39. The third kappa shape index (κ3) is 4.03. The van der Waals surface area contributed by atoms with Crippen LogP contribution in [0, 0.1) is 0 Å². The van der Waals surface area contributed by atoms with E-state index in [2.05, 4.69) is 15.2 Å². The van der Waals surface area contributed by atoms with Crippen LogP contribution < -0.4 is 0 Å². The van der Waals surface area contributed by atoms with Crippen molar-refractivity contribution >= 4 is 17.0 Å². The Hall–Kier alpha value is -2.91. The summed E-state index contributed by atoms with van der Waals surface area (Å²) in [5.41, 5.74) is -0.338. The summed E-state index contributed by atoms with van der Waals surface area (Å²) in [6, 6.07) is 2.85. The van der Waals surface area contributed by atoms with Crippen molar-refractivity contribution < 1.29 is 22.5 Å². The smallest absolute Gasteiger partial charge is 0.342 e. The lowest BCUT2D eigenvalue weighted by molar-refractivity contribution is -0.136. The molecule has 4 rings (SSSR count). The molecule has 7 nitrogen and oxygen atoms in total. The Bertz CT molecular complexity index is 1030. The number of nitrogens with zero attached hydrogens (tertiary/aromatic N) is 5. The molecule has 3 aromatic heterocycles. The Labute approximate surface area is 170 Å². The fraction of sp³-hybridized carbons (Fsp3) is 0.500. The van der Waals surface area contributed by atoms with Gasteiger partial charge in [-0.25, -0.2) is 4.98 Å². The van der Waals surface area contributed by atoms with E-state index >= 15 is 0 Å². The molecule has 0 radical (unpaired) electrons. The van der Waals surface area contributed by atoms with Crippen molar-refractivity contribution in [3.8, 4) is 0 Å². The first-order valence-corrected chi connectivity index (χ1v) is 9.98. The summed E-state index contributed by atoms with van der Waals surface area (Å²) in [6.07, 6.45) is 0.850. The number of alkyl halides is 3. The maximum Gasteiger partial charge on any atom is 0.417 e. The molecule has 1 aliphatic heterocycles. The third-order valence-corrected chi connectivity index (χ3v) is 5.47. The number of fused-ring (bicyclic) bond motifs is 1. The third-order valence-electron chi connectivity index (χ3n) is 5.47. The number of aryl methyl sites for hydroxylation is 2. The zero-order chi connectivity index (χ0) is 21.3. The number of carbonyl (C=O) groups is 1. The Balaban J connectivity index is 1.58. The van der Waals surface area contributed by atoms with Crippen LogP contribution >= 0.6 is 0 Å². The van der Waals surface area contributed by atoms with Crippen LogP contribution in [-0.4, -0.2) is 43.8 Å². The van der Waals surface area contributed by atoms with Crippen LogP contribution in [0.4, 0.5) is 13.2 Å². The molecular weight excluding hydrogens is 399 g/mol. The molecule has 0 bridgehead atoms. The second-order valence-electron chi connectivity index (χ2n) is 7.46. The van der Waals surface area contributed by atoms with Gasteiger partial charge < -0.3 is 9.42 Å². The number of hydrogen-bond donors (Lipinski definition) is 0. The van der Waals surface area contributed by atoms with Gasteiger partial charge in [0, 0.05) is 50.1 Å². The summed E-state index contributed by atoms with van der Waals surface area (Å²) in [5.74, 6) is -0.380. The highest BCUT2D eigenvalue weighted by molar-refractivity contribution is 5.82. The van der Waals surface area contributed by atoms with Gasteiger partial charge in [-0.1, -0.05) is 12.1 Å². The van der Waals surface area contributed by atoms with E-state index in [4.69, 9.17) is 4.52 Å². The summed E-state index contributed by atoms with van der Waals surface area (Å²) in [5, 5.41) is 7.95. The first-order valence-electron chi connectivity index (χ1n) is 9.98. The Morgan fingerprint density at radius 1 is 1.37 bits per heavy atom. The van der Waals surface area contributed by atoms with Crippen molar-refractivity contribution in [2.24, 2.45) is 0 Å². The molecule has 0 aromatic carbocycles. The van der Waals surface area contributed by atoms with Crippen LogP contribution in [0.15, 0.2) is 29.0 Å². The largest absolute Gasteiger partial charge is 0.417 e. The zero-order valence-corrected chi connectivity index (χ0v) is 16.5. The first-order chi connectivity index (χ1) is 14.4. The average Bonchev–Trinajstić information content (AvgIpc) is 3.40. The molecule has 1 amide bonds. The molecule has 30 heavy (non-hydrogen) atoms. The van der Waals surface area contributed by atoms with Gasteiger partial charge in [0.25, 0.3) is 5.71 Å². The summed E-state index contributed by atoms with van der Waals surface area (Å²) >= 11 is 0. The van der Waals surface area contributed by atoms with Crippen LogP contribution in [0.2, 0.25) is 0 Å². The SMILES string of the molecule is CCc1cc(C(F)(F)F)c2c([C@H]3CCCN(C(=O)CCn4cccn4)C3)noc2n1. The highest BCUT2D eigenvalue weighted by Crippen LogP contribution is 2.40. The molecule has 1 aliphatic rings. The Morgan fingerprint density at radius 3 is 2.90 bits per heavy atom. The van der Waals surface area contributed by atoms with Gasteiger partial charge in [-0.2, -0.15) is 18.3 Å². The molecule has 0 aliphatic carbocycles. The van der Waals surface area contributed by atoms with E-state index in [0.29, 0.717) is 44.6 Å². The quantitative estimate of drug-likeness (QED) is 0.626. The molecule has 160 valence electrons. The maximum atomic E-state index is 13.7. The van der Waals surface area contributed by atoms with Gasteiger partial charge in [-0.15, -0.1) is 0 Å². The molecule has 0 saturated carbocycles. The monoisotopic (exact) mass is 421 g/mol. The number of halogens is 3. The number of amides is 1. The summed E-state index contributed by atoms with van der Waals surface area (Å²) < 4.78 is 48.1. The number of pyridine rings is 1. The van der Waals surface area contributed by atoms with Gasteiger partial charge in [-0.3, -0.25) is 9.48 Å². The fourth-order valence-electron chi connectivity index (χ4n) is 3.94. The normalized spacial score (nSPS) is 17.6. The Morgan fingerprint density at radius 2 is 2.20 bits per heavy atom. The zero-order valence-electron chi connectivity index (χ0n) is 16.5. The van der Waals surface area contributed by atoms with Crippen molar-refractivity contribution in [1.82, 2.24) is 24.8 Å². The van der Waals surface area contributed by atoms with Gasteiger partial charge >= 0.3 is 6.18 Å². The minimum atomic E-state index is -4.54. The topological polar surface area (TPSA) is 77.0 Å². The van der Waals surface area contributed by atoms with Crippen LogP contribution in [0.25, 0.3) is 11.1 Å². The number of piperidine rings is 1. The summed E-state index contributed by atoms with van der Waals surface area (Å²) in [4.78, 5) is 18.5. The Kier molecular flexibility index (Phi) is 5.48. The molecule has 1 saturated heterocycles. The summed E-state index contributed by atoms with van der Waals surface area (Å²) in [7, 11) is 0. The van der Waals surface area contributed by atoms with E-state index < -0.39 is 11.7 Å². The van der Waals surface area contributed by atoms with Crippen molar-refractivity contribution in [3.63, 3.8) is 0 Å². The van der Waals surface area contributed by atoms with Crippen LogP contribution in [-0.2, 0) is 23.9 Å². The van der Waals surface area contributed by atoms with Crippen molar-refractivity contribution in [1.29, 1.82) is 0 Å². The molecular formula is C20H22F3N5O2. The van der Waals surface area contributed by atoms with Gasteiger partial charge in [0.1, 0.15) is 0 Å². The second kappa shape index (κ2) is 8.08. The van der Waals surface area contributed by atoms with Gasteiger partial charge in [0.15, 0.2) is 0 Å². The summed E-state index contributed by atoms with van der Waals surface area (Å²) in [6.45, 7) is 3.09. The standard InChI is InChI=1S/C20H22F3N5O2/c1-2-14-11-15(20(21,22)23)17-18(26-30-19(17)25-14)13-5-3-8-27(12-13)16(29)6-10-28-9-4-7-24-28/h4,7,9,11,13H,2-3,5-6,8,10,12H2,1H3/t13-/m0/s1. The lowest BCUT2D eigenvalue weighted by Gasteiger charge is -2.32. The van der Waals surface area contributed by atoms with Gasteiger partial charge in [0.2, 0.25) is 5.91 Å². The second-order valence-corrected chi connectivity index (χ2v) is 7.46. The molecule has 0 N–H and O–H groups in total. The number of aromatic nitrogens is 4. The van der Waals surface area contributed by atoms with Gasteiger partial charge in [0.05, 0.1) is 16.6 Å². The van der Waals surface area contributed by atoms with E-state index in [1.54, 1.807) is 35.0 Å². The number of rotatable bonds is 5. The van der Waals surface area contributed by atoms with Crippen LogP contribution in [0.1, 0.15) is 49.1 Å². The van der Waals surface area contributed by atoms with Crippen LogP contribution in [0.5, 0.6) is 0 Å². The van der Waals surface area contributed by atoms with E-state index in [9.17, 15) is 18.0 Å². The first kappa shape index (κ1) is 20.4. The van der Waals surface area contributed by atoms with Gasteiger partial charge in [-0.05, 0) is 31.4 Å². The predicted molar refractivity (Wildman–Crippen MR) is 102 cm³/mol. The highest BCUT2D eigenvalue weighted by atomic mass is 19.4. The molecule has 10 heteroatoms. The molecule has 1 atom stereocenters. The van der Waals surface area contributed by atoms with E-state index in [1.807, 2.05) is 0 Å². The fourth-order valence-corrected chi connectivity index (χ4v) is 3.94. The molecule has 4 heterocycles. The maximum absolute atomic E-state index is 13.7. The van der Waals surface area contributed by atoms with Crippen molar-refractivity contribution in [2.75, 3.05) is 13.1 Å². The molecule has 0 spiro atoms. The highest BCUT2D eigenvalue weighted by Gasteiger charge is 2.38. The number of hydrogen-bond acceptors (Lipinski definition) is 5.